The summed E-state index contributed by atoms with van der Waals surface area (Å²) in [5.74, 6) is -0.171. The SMILES string of the molecule is CCCN1CCCC(Nc2ccc(F)cc2)CC1. The molecule has 1 fully saturated rings. The largest absolute Gasteiger partial charge is 0.382 e. The highest BCUT2D eigenvalue weighted by Gasteiger charge is 2.16. The van der Waals surface area contributed by atoms with Crippen molar-refractivity contribution < 1.29 is 4.39 Å². The smallest absolute Gasteiger partial charge is 0.123 e. The predicted molar refractivity (Wildman–Crippen MR) is 74.4 cm³/mol. The highest BCUT2D eigenvalue weighted by molar-refractivity contribution is 5.43. The lowest BCUT2D eigenvalue weighted by molar-refractivity contribution is 0.285. The van der Waals surface area contributed by atoms with Crippen LogP contribution in [0.3, 0.4) is 0 Å². The van der Waals surface area contributed by atoms with Crippen molar-refractivity contribution in [1.82, 2.24) is 4.90 Å². The third-order valence-electron chi connectivity index (χ3n) is 3.58. The van der Waals surface area contributed by atoms with Crippen LogP contribution in [0, 0.1) is 5.82 Å². The van der Waals surface area contributed by atoms with E-state index in [-0.39, 0.29) is 5.82 Å². The van der Waals surface area contributed by atoms with Crippen molar-refractivity contribution in [1.29, 1.82) is 0 Å². The first kappa shape index (κ1) is 13.3. The normalized spacial score (nSPS) is 21.6. The zero-order valence-corrected chi connectivity index (χ0v) is 11.2. The summed E-state index contributed by atoms with van der Waals surface area (Å²) in [5, 5.41) is 3.52. The molecule has 1 N–H and O–H groups in total. The van der Waals surface area contributed by atoms with E-state index in [0.29, 0.717) is 6.04 Å². The molecule has 1 aliphatic rings. The van der Waals surface area contributed by atoms with Gasteiger partial charge < -0.3 is 10.2 Å². The molecule has 0 bridgehead atoms. The molecule has 1 unspecified atom stereocenters. The number of rotatable bonds is 4. The van der Waals surface area contributed by atoms with Crippen molar-refractivity contribution in [3.05, 3.63) is 30.1 Å². The molecule has 1 aliphatic heterocycles. The Hall–Kier alpha value is -1.09. The average Bonchev–Trinajstić information content (AvgIpc) is 2.59. The molecule has 0 amide bonds. The van der Waals surface area contributed by atoms with E-state index in [1.54, 1.807) is 0 Å². The molecule has 0 radical (unpaired) electrons. The zero-order chi connectivity index (χ0) is 12.8. The summed E-state index contributed by atoms with van der Waals surface area (Å²) < 4.78 is 12.8. The van der Waals surface area contributed by atoms with Gasteiger partial charge >= 0.3 is 0 Å². The topological polar surface area (TPSA) is 15.3 Å². The fraction of sp³-hybridized carbons (Fsp3) is 0.600. The minimum Gasteiger partial charge on any atom is -0.382 e. The second kappa shape index (κ2) is 6.74. The summed E-state index contributed by atoms with van der Waals surface area (Å²) in [6.07, 6.45) is 4.86. The quantitative estimate of drug-likeness (QED) is 0.879. The minimum atomic E-state index is -0.171. The zero-order valence-electron chi connectivity index (χ0n) is 11.2. The number of nitrogens with one attached hydrogen (secondary N) is 1. The standard InChI is InChI=1S/C15H23FN2/c1-2-10-18-11-3-4-14(9-12-18)17-15-7-5-13(16)6-8-15/h5-8,14,17H,2-4,9-12H2,1H3. The Bertz CT molecular complexity index is 350. The number of likely N-dealkylation sites (tertiary alicyclic amines) is 1. The Morgan fingerprint density at radius 2 is 2.00 bits per heavy atom. The van der Waals surface area contributed by atoms with Crippen molar-refractivity contribution in [3.63, 3.8) is 0 Å². The van der Waals surface area contributed by atoms with Gasteiger partial charge in [0.25, 0.3) is 0 Å². The summed E-state index contributed by atoms with van der Waals surface area (Å²) in [7, 11) is 0. The minimum absolute atomic E-state index is 0.171. The molecule has 0 spiro atoms. The van der Waals surface area contributed by atoms with Crippen molar-refractivity contribution >= 4 is 5.69 Å². The van der Waals surface area contributed by atoms with E-state index in [1.807, 2.05) is 12.1 Å². The van der Waals surface area contributed by atoms with Crippen LogP contribution in [0.15, 0.2) is 24.3 Å². The summed E-state index contributed by atoms with van der Waals surface area (Å²) in [6.45, 7) is 5.84. The third-order valence-corrected chi connectivity index (χ3v) is 3.58. The first-order valence-corrected chi connectivity index (χ1v) is 7.02. The number of hydrogen-bond acceptors (Lipinski definition) is 2. The molecule has 0 aromatic heterocycles. The van der Waals surface area contributed by atoms with Gasteiger partial charge in [-0.15, -0.1) is 0 Å². The van der Waals surface area contributed by atoms with E-state index in [4.69, 9.17) is 0 Å². The van der Waals surface area contributed by atoms with Crippen LogP contribution >= 0.6 is 0 Å². The predicted octanol–water partition coefficient (Wildman–Crippen LogP) is 3.50. The van der Waals surface area contributed by atoms with E-state index in [9.17, 15) is 4.39 Å². The molecule has 0 aliphatic carbocycles. The van der Waals surface area contributed by atoms with E-state index >= 15 is 0 Å². The lowest BCUT2D eigenvalue weighted by Crippen LogP contribution is -2.27. The second-order valence-corrected chi connectivity index (χ2v) is 5.12. The summed E-state index contributed by atoms with van der Waals surface area (Å²) in [4.78, 5) is 2.55. The summed E-state index contributed by atoms with van der Waals surface area (Å²) in [5.41, 5.74) is 1.03. The van der Waals surface area contributed by atoms with Crippen LogP contribution in [0.5, 0.6) is 0 Å². The number of anilines is 1. The molecular weight excluding hydrogens is 227 g/mol. The summed E-state index contributed by atoms with van der Waals surface area (Å²) >= 11 is 0. The summed E-state index contributed by atoms with van der Waals surface area (Å²) in [6, 6.07) is 7.20. The number of halogens is 1. The molecule has 1 saturated heterocycles. The lowest BCUT2D eigenvalue weighted by atomic mass is 10.1. The molecular formula is C15H23FN2. The highest BCUT2D eigenvalue weighted by atomic mass is 19.1. The van der Waals surface area contributed by atoms with Gasteiger partial charge in [-0.3, -0.25) is 0 Å². The Balaban J connectivity index is 1.84. The molecule has 1 aromatic rings. The van der Waals surface area contributed by atoms with Crippen molar-refractivity contribution in [2.24, 2.45) is 0 Å². The third kappa shape index (κ3) is 3.98. The molecule has 2 rings (SSSR count). The van der Waals surface area contributed by atoms with Crippen LogP contribution < -0.4 is 5.32 Å². The van der Waals surface area contributed by atoms with Crippen LogP contribution in [0.1, 0.15) is 32.6 Å². The Kier molecular flexibility index (Phi) is 5.00. The van der Waals surface area contributed by atoms with Gasteiger partial charge in [-0.2, -0.15) is 0 Å². The van der Waals surface area contributed by atoms with Crippen LogP contribution in [0.4, 0.5) is 10.1 Å². The second-order valence-electron chi connectivity index (χ2n) is 5.12. The van der Waals surface area contributed by atoms with E-state index in [1.165, 1.54) is 57.5 Å². The Morgan fingerprint density at radius 1 is 1.22 bits per heavy atom. The van der Waals surface area contributed by atoms with E-state index < -0.39 is 0 Å². The van der Waals surface area contributed by atoms with Gasteiger partial charge in [0, 0.05) is 18.3 Å². The maximum absolute atomic E-state index is 12.8. The van der Waals surface area contributed by atoms with Gasteiger partial charge in [0.05, 0.1) is 0 Å². The van der Waals surface area contributed by atoms with Crippen LogP contribution in [0.2, 0.25) is 0 Å². The molecule has 1 aromatic carbocycles. The molecule has 0 saturated carbocycles. The van der Waals surface area contributed by atoms with Crippen LogP contribution in [-0.2, 0) is 0 Å². The fourth-order valence-electron chi connectivity index (χ4n) is 2.62. The molecule has 1 heterocycles. The van der Waals surface area contributed by atoms with Gasteiger partial charge in [-0.05, 0) is 63.0 Å². The first-order valence-electron chi connectivity index (χ1n) is 7.02. The van der Waals surface area contributed by atoms with Gasteiger partial charge in [0.2, 0.25) is 0 Å². The maximum atomic E-state index is 12.8. The molecule has 3 heteroatoms. The van der Waals surface area contributed by atoms with Gasteiger partial charge in [-0.1, -0.05) is 6.92 Å². The number of nitrogens with zero attached hydrogens (tertiary/aromatic N) is 1. The Labute approximate surface area is 109 Å². The first-order chi connectivity index (χ1) is 8.78. The van der Waals surface area contributed by atoms with Crippen LogP contribution in [-0.4, -0.2) is 30.6 Å². The fourth-order valence-corrected chi connectivity index (χ4v) is 2.62. The van der Waals surface area contributed by atoms with Crippen molar-refractivity contribution in [2.45, 2.75) is 38.6 Å². The Morgan fingerprint density at radius 3 is 2.72 bits per heavy atom. The van der Waals surface area contributed by atoms with Gasteiger partial charge in [0.15, 0.2) is 0 Å². The van der Waals surface area contributed by atoms with Crippen molar-refractivity contribution in [3.8, 4) is 0 Å². The monoisotopic (exact) mass is 250 g/mol. The average molecular weight is 250 g/mol. The van der Waals surface area contributed by atoms with Gasteiger partial charge in [0.1, 0.15) is 5.82 Å². The van der Waals surface area contributed by atoms with Gasteiger partial charge in [-0.25, -0.2) is 4.39 Å². The molecule has 2 nitrogen and oxygen atoms in total. The molecule has 1 atom stereocenters. The lowest BCUT2D eigenvalue weighted by Gasteiger charge is -2.20. The maximum Gasteiger partial charge on any atom is 0.123 e. The van der Waals surface area contributed by atoms with E-state index in [0.717, 1.165) is 5.69 Å². The van der Waals surface area contributed by atoms with Crippen LogP contribution in [0.25, 0.3) is 0 Å². The van der Waals surface area contributed by atoms with Crippen molar-refractivity contribution in [2.75, 3.05) is 25.0 Å². The number of benzene rings is 1. The number of hydrogen-bond donors (Lipinski definition) is 1. The molecule has 18 heavy (non-hydrogen) atoms. The molecule has 100 valence electrons. The van der Waals surface area contributed by atoms with E-state index in [2.05, 4.69) is 17.1 Å². The highest BCUT2D eigenvalue weighted by Crippen LogP contribution is 2.17.